The Labute approximate surface area is 191 Å². The van der Waals surface area contributed by atoms with Gasteiger partial charge in [0, 0.05) is 10.7 Å². The van der Waals surface area contributed by atoms with Crippen molar-refractivity contribution in [1.29, 1.82) is 5.26 Å². The highest BCUT2D eigenvalue weighted by molar-refractivity contribution is 7.92. The van der Waals surface area contributed by atoms with Gasteiger partial charge in [-0.15, -0.1) is 0 Å². The Morgan fingerprint density at radius 1 is 1.09 bits per heavy atom. The number of amides is 1. The Morgan fingerprint density at radius 3 is 2.38 bits per heavy atom. The summed E-state index contributed by atoms with van der Waals surface area (Å²) in [4.78, 5) is 12.8. The van der Waals surface area contributed by atoms with E-state index in [4.69, 9.17) is 21.6 Å². The van der Waals surface area contributed by atoms with Crippen LogP contribution in [0.25, 0.3) is 0 Å². The number of carbonyl (C=O) groups is 1. The molecule has 9 heteroatoms. The van der Waals surface area contributed by atoms with Crippen LogP contribution in [0.1, 0.15) is 5.56 Å². The summed E-state index contributed by atoms with van der Waals surface area (Å²) in [6, 6.07) is 21.0. The molecule has 0 aromatic heterocycles. The molecule has 0 saturated carbocycles. The number of methoxy groups -OCH3 is 1. The molecule has 3 rings (SSSR count). The Balaban J connectivity index is 1.89. The van der Waals surface area contributed by atoms with Crippen LogP contribution in [0, 0.1) is 11.3 Å². The van der Waals surface area contributed by atoms with Crippen molar-refractivity contribution in [3.63, 3.8) is 0 Å². The standard InChI is InChI=1S/C23H20ClN3O4S/c1-31-21-9-11-22(12-10-21)32(29,30)27(20-4-2-3-18(24)15-20)16-23(28)26-19-7-5-17(6-8-19)13-14-25/h2-12,15H,13,16H2,1H3,(H,26,28). The van der Waals surface area contributed by atoms with Gasteiger partial charge in [0.2, 0.25) is 5.91 Å². The average Bonchev–Trinajstić information content (AvgIpc) is 2.79. The zero-order chi connectivity index (χ0) is 23.1. The summed E-state index contributed by atoms with van der Waals surface area (Å²) in [5.74, 6) is -0.0223. The molecule has 0 atom stereocenters. The van der Waals surface area contributed by atoms with Crippen LogP contribution < -0.4 is 14.4 Å². The number of nitriles is 1. The van der Waals surface area contributed by atoms with Crippen molar-refractivity contribution in [2.75, 3.05) is 23.3 Å². The number of anilines is 2. The van der Waals surface area contributed by atoms with E-state index in [1.54, 1.807) is 42.5 Å². The number of hydrogen-bond acceptors (Lipinski definition) is 5. The van der Waals surface area contributed by atoms with E-state index in [1.807, 2.05) is 0 Å². The van der Waals surface area contributed by atoms with E-state index in [1.165, 1.54) is 37.4 Å². The summed E-state index contributed by atoms with van der Waals surface area (Å²) in [5.41, 5.74) is 1.56. The molecule has 3 aromatic rings. The largest absolute Gasteiger partial charge is 0.497 e. The van der Waals surface area contributed by atoms with Gasteiger partial charge in [-0.3, -0.25) is 9.10 Å². The molecule has 0 aliphatic heterocycles. The minimum Gasteiger partial charge on any atom is -0.497 e. The van der Waals surface area contributed by atoms with Gasteiger partial charge < -0.3 is 10.1 Å². The van der Waals surface area contributed by atoms with Crippen LogP contribution in [0.15, 0.2) is 77.7 Å². The fourth-order valence-electron chi connectivity index (χ4n) is 2.95. The number of halogens is 1. The molecule has 0 fully saturated rings. The number of nitrogens with one attached hydrogen (secondary N) is 1. The van der Waals surface area contributed by atoms with Crippen LogP contribution in [-0.4, -0.2) is 28.0 Å². The minimum atomic E-state index is -4.08. The van der Waals surface area contributed by atoms with Crippen LogP contribution in [0.5, 0.6) is 5.75 Å². The van der Waals surface area contributed by atoms with Crippen molar-refractivity contribution >= 4 is 38.9 Å². The molecule has 1 amide bonds. The lowest BCUT2D eigenvalue weighted by atomic mass is 10.1. The van der Waals surface area contributed by atoms with Gasteiger partial charge in [0.15, 0.2) is 0 Å². The van der Waals surface area contributed by atoms with Gasteiger partial charge in [0.1, 0.15) is 12.3 Å². The van der Waals surface area contributed by atoms with E-state index < -0.39 is 22.5 Å². The predicted octanol–water partition coefficient (Wildman–Crippen LogP) is 4.25. The van der Waals surface area contributed by atoms with Gasteiger partial charge in [-0.1, -0.05) is 29.8 Å². The molecule has 3 aromatic carbocycles. The van der Waals surface area contributed by atoms with Gasteiger partial charge in [0.05, 0.1) is 30.2 Å². The van der Waals surface area contributed by atoms with E-state index in [0.717, 1.165) is 9.87 Å². The molecule has 164 valence electrons. The number of ether oxygens (including phenoxy) is 1. The normalized spacial score (nSPS) is 10.8. The molecule has 0 unspecified atom stereocenters. The summed E-state index contributed by atoms with van der Waals surface area (Å²) in [6.45, 7) is -0.464. The second kappa shape index (κ2) is 10.2. The first kappa shape index (κ1) is 23.1. The van der Waals surface area contributed by atoms with Crippen molar-refractivity contribution in [3.05, 3.63) is 83.4 Å². The second-order valence-corrected chi connectivity index (χ2v) is 9.05. The molecule has 7 nitrogen and oxygen atoms in total. The van der Waals surface area contributed by atoms with Crippen molar-refractivity contribution < 1.29 is 17.9 Å². The maximum atomic E-state index is 13.4. The van der Waals surface area contributed by atoms with E-state index in [-0.39, 0.29) is 17.0 Å². The first-order valence-corrected chi connectivity index (χ1v) is 11.3. The Hall–Kier alpha value is -3.54. The number of hydrogen-bond donors (Lipinski definition) is 1. The molecule has 0 radical (unpaired) electrons. The first-order valence-electron chi connectivity index (χ1n) is 9.51. The maximum Gasteiger partial charge on any atom is 0.264 e. The van der Waals surface area contributed by atoms with E-state index in [0.29, 0.717) is 16.5 Å². The van der Waals surface area contributed by atoms with Crippen LogP contribution in [0.2, 0.25) is 5.02 Å². The molecule has 0 heterocycles. The molecule has 0 spiro atoms. The summed E-state index contributed by atoms with van der Waals surface area (Å²) < 4.78 is 32.8. The smallest absolute Gasteiger partial charge is 0.264 e. The summed E-state index contributed by atoms with van der Waals surface area (Å²) in [7, 11) is -2.59. The highest BCUT2D eigenvalue weighted by Gasteiger charge is 2.27. The molecule has 0 aliphatic carbocycles. The van der Waals surface area contributed by atoms with E-state index in [9.17, 15) is 13.2 Å². The third kappa shape index (κ3) is 5.58. The summed E-state index contributed by atoms with van der Waals surface area (Å²) in [6.07, 6.45) is 0.261. The highest BCUT2D eigenvalue weighted by atomic mass is 35.5. The number of carbonyl (C=O) groups excluding carboxylic acids is 1. The van der Waals surface area contributed by atoms with Crippen LogP contribution in [0.4, 0.5) is 11.4 Å². The second-order valence-electron chi connectivity index (χ2n) is 6.75. The fraction of sp³-hybridized carbons (Fsp3) is 0.130. The Morgan fingerprint density at radius 2 is 1.78 bits per heavy atom. The third-order valence-corrected chi connectivity index (χ3v) is 6.57. The van der Waals surface area contributed by atoms with Gasteiger partial charge in [0.25, 0.3) is 10.0 Å². The summed E-state index contributed by atoms with van der Waals surface area (Å²) in [5, 5.41) is 11.8. The van der Waals surface area contributed by atoms with Crippen molar-refractivity contribution in [2.24, 2.45) is 0 Å². The topological polar surface area (TPSA) is 99.5 Å². The lowest BCUT2D eigenvalue weighted by molar-refractivity contribution is -0.114. The number of nitrogens with zero attached hydrogens (tertiary/aromatic N) is 2. The van der Waals surface area contributed by atoms with Gasteiger partial charge in [-0.2, -0.15) is 5.26 Å². The number of rotatable bonds is 8. The van der Waals surface area contributed by atoms with Crippen molar-refractivity contribution in [3.8, 4) is 11.8 Å². The monoisotopic (exact) mass is 469 g/mol. The van der Waals surface area contributed by atoms with Gasteiger partial charge in [-0.25, -0.2) is 8.42 Å². The van der Waals surface area contributed by atoms with Crippen molar-refractivity contribution in [1.82, 2.24) is 0 Å². The molecular weight excluding hydrogens is 450 g/mol. The molecule has 1 N–H and O–H groups in total. The van der Waals surface area contributed by atoms with Crippen LogP contribution in [0.3, 0.4) is 0 Å². The zero-order valence-corrected chi connectivity index (χ0v) is 18.7. The lowest BCUT2D eigenvalue weighted by Gasteiger charge is -2.24. The number of sulfonamides is 1. The predicted molar refractivity (Wildman–Crippen MR) is 123 cm³/mol. The van der Waals surface area contributed by atoms with Crippen LogP contribution in [-0.2, 0) is 21.2 Å². The van der Waals surface area contributed by atoms with E-state index in [2.05, 4.69) is 11.4 Å². The fourth-order valence-corrected chi connectivity index (χ4v) is 4.55. The lowest BCUT2D eigenvalue weighted by Crippen LogP contribution is -2.38. The maximum absolute atomic E-state index is 13.4. The summed E-state index contributed by atoms with van der Waals surface area (Å²) >= 11 is 6.07. The number of benzene rings is 3. The van der Waals surface area contributed by atoms with Gasteiger partial charge >= 0.3 is 0 Å². The van der Waals surface area contributed by atoms with E-state index >= 15 is 0 Å². The molecule has 32 heavy (non-hydrogen) atoms. The Bertz CT molecular complexity index is 1240. The zero-order valence-electron chi connectivity index (χ0n) is 17.2. The third-order valence-electron chi connectivity index (χ3n) is 4.55. The van der Waals surface area contributed by atoms with Crippen molar-refractivity contribution in [2.45, 2.75) is 11.3 Å². The minimum absolute atomic E-state index is 0.00642. The Kier molecular flexibility index (Phi) is 7.36. The van der Waals surface area contributed by atoms with Gasteiger partial charge in [-0.05, 0) is 60.2 Å². The quantitative estimate of drug-likeness (QED) is 0.531. The average molecular weight is 470 g/mol. The molecule has 0 aliphatic rings. The highest BCUT2D eigenvalue weighted by Crippen LogP contribution is 2.27. The molecule has 0 bridgehead atoms. The first-order chi connectivity index (χ1) is 15.3. The molecule has 0 saturated heterocycles. The SMILES string of the molecule is COc1ccc(S(=O)(=O)N(CC(=O)Nc2ccc(CC#N)cc2)c2cccc(Cl)c2)cc1. The molecular formula is C23H20ClN3O4S. The van der Waals surface area contributed by atoms with Crippen LogP contribution >= 0.6 is 11.6 Å².